The van der Waals surface area contributed by atoms with Crippen molar-refractivity contribution < 1.29 is 13.9 Å². The number of hydrogen-bond acceptors (Lipinski definition) is 4. The van der Waals surface area contributed by atoms with Gasteiger partial charge < -0.3 is 14.5 Å². The minimum absolute atomic E-state index is 0.0921. The van der Waals surface area contributed by atoms with Crippen LogP contribution in [0.5, 0.6) is 5.75 Å². The Morgan fingerprint density at radius 2 is 1.80 bits per heavy atom. The molecule has 0 atom stereocenters. The molecule has 5 heteroatoms. The number of methoxy groups -OCH3 is 1. The van der Waals surface area contributed by atoms with Crippen LogP contribution in [-0.2, 0) is 5.41 Å². The largest absolute Gasteiger partial charge is 0.496 e. The number of hydrogen-bond donors (Lipinski definition) is 0. The smallest absolute Gasteiger partial charge is 0.189 e. The molecule has 0 spiro atoms. The van der Waals surface area contributed by atoms with Crippen molar-refractivity contribution in [3.8, 4) is 5.75 Å². The number of likely N-dealkylation sites (N-methyl/N-ethyl adjacent to an activating group) is 1. The summed E-state index contributed by atoms with van der Waals surface area (Å²) in [5, 5.41) is 0. The van der Waals surface area contributed by atoms with Crippen molar-refractivity contribution in [2.75, 3.05) is 45.2 Å². The molecule has 3 rings (SSSR count). The Hall–Kier alpha value is -2.66. The molecular formula is C25H31FN2O2. The number of carbonyl (C=O) groups excluding carboxylic acids is 1. The summed E-state index contributed by atoms with van der Waals surface area (Å²) >= 11 is 0. The van der Waals surface area contributed by atoms with Crippen LogP contribution in [0.3, 0.4) is 0 Å². The Morgan fingerprint density at radius 1 is 1.10 bits per heavy atom. The lowest BCUT2D eigenvalue weighted by Gasteiger charge is -2.35. The maximum atomic E-state index is 14.7. The van der Waals surface area contributed by atoms with E-state index in [-0.39, 0.29) is 17.0 Å². The van der Waals surface area contributed by atoms with Crippen molar-refractivity contribution in [3.63, 3.8) is 0 Å². The van der Waals surface area contributed by atoms with Crippen molar-refractivity contribution in [1.82, 2.24) is 4.90 Å². The van der Waals surface area contributed by atoms with Gasteiger partial charge in [-0.15, -0.1) is 0 Å². The van der Waals surface area contributed by atoms with Crippen LogP contribution in [0.15, 0.2) is 42.5 Å². The number of rotatable bonds is 5. The van der Waals surface area contributed by atoms with E-state index in [0.29, 0.717) is 16.9 Å². The Kier molecular flexibility index (Phi) is 6.61. The minimum Gasteiger partial charge on any atom is -0.496 e. The molecule has 0 aromatic heterocycles. The Morgan fingerprint density at radius 3 is 2.43 bits per heavy atom. The second kappa shape index (κ2) is 9.00. The summed E-state index contributed by atoms with van der Waals surface area (Å²) in [7, 11) is 3.64. The number of nitrogens with zero attached hydrogens (tertiary/aromatic N) is 2. The van der Waals surface area contributed by atoms with Crippen molar-refractivity contribution in [1.29, 1.82) is 0 Å². The van der Waals surface area contributed by atoms with Crippen molar-refractivity contribution in [2.45, 2.75) is 26.2 Å². The van der Waals surface area contributed by atoms with Gasteiger partial charge in [0.05, 0.1) is 12.7 Å². The molecule has 0 bridgehead atoms. The van der Waals surface area contributed by atoms with E-state index in [2.05, 4.69) is 37.6 Å². The van der Waals surface area contributed by atoms with Crippen LogP contribution in [0.25, 0.3) is 6.08 Å². The monoisotopic (exact) mass is 410 g/mol. The molecule has 4 nitrogen and oxygen atoms in total. The first kappa shape index (κ1) is 22.0. The lowest BCUT2D eigenvalue weighted by molar-refractivity contribution is 0.104. The van der Waals surface area contributed by atoms with Crippen molar-refractivity contribution >= 4 is 17.5 Å². The molecule has 1 aliphatic heterocycles. The van der Waals surface area contributed by atoms with E-state index < -0.39 is 0 Å². The minimum atomic E-state index is -0.328. The number of carbonyl (C=O) groups is 1. The molecule has 0 saturated carbocycles. The number of benzene rings is 2. The highest BCUT2D eigenvalue weighted by Crippen LogP contribution is 2.30. The van der Waals surface area contributed by atoms with Crippen LogP contribution >= 0.6 is 0 Å². The van der Waals surface area contributed by atoms with Crippen LogP contribution in [0.4, 0.5) is 10.1 Å². The third kappa shape index (κ3) is 4.90. The van der Waals surface area contributed by atoms with Crippen LogP contribution in [0.1, 0.15) is 42.3 Å². The van der Waals surface area contributed by atoms with Gasteiger partial charge in [-0.3, -0.25) is 4.79 Å². The molecular weight excluding hydrogens is 379 g/mol. The Bertz CT molecular complexity index is 939. The van der Waals surface area contributed by atoms with E-state index >= 15 is 0 Å². The van der Waals surface area contributed by atoms with E-state index in [1.807, 2.05) is 24.3 Å². The number of ether oxygens (including phenoxy) is 1. The predicted octanol–water partition coefficient (Wildman–Crippen LogP) is 4.78. The molecule has 1 saturated heterocycles. The Balaban J connectivity index is 1.92. The fourth-order valence-electron chi connectivity index (χ4n) is 3.63. The molecule has 1 fully saturated rings. The molecule has 0 amide bonds. The average molecular weight is 411 g/mol. The first-order valence-electron chi connectivity index (χ1n) is 10.3. The van der Waals surface area contributed by atoms with Gasteiger partial charge in [0, 0.05) is 37.4 Å². The summed E-state index contributed by atoms with van der Waals surface area (Å²) in [5.41, 5.74) is 2.71. The van der Waals surface area contributed by atoms with E-state index in [4.69, 9.17) is 4.74 Å². The van der Waals surface area contributed by atoms with Gasteiger partial charge in [-0.1, -0.05) is 32.9 Å². The third-order valence-electron chi connectivity index (χ3n) is 5.61. The summed E-state index contributed by atoms with van der Waals surface area (Å²) < 4.78 is 20.1. The van der Waals surface area contributed by atoms with Gasteiger partial charge >= 0.3 is 0 Å². The average Bonchev–Trinajstić information content (AvgIpc) is 2.72. The van der Waals surface area contributed by atoms with Gasteiger partial charge in [-0.25, -0.2) is 4.39 Å². The normalized spacial score (nSPS) is 15.6. The summed E-state index contributed by atoms with van der Waals surface area (Å²) in [6.07, 6.45) is 3.04. The highest BCUT2D eigenvalue weighted by Gasteiger charge is 2.20. The number of ketones is 1. The van der Waals surface area contributed by atoms with E-state index in [1.165, 1.54) is 12.1 Å². The zero-order valence-corrected chi connectivity index (χ0v) is 18.5. The first-order chi connectivity index (χ1) is 14.2. The second-order valence-electron chi connectivity index (χ2n) is 8.83. The molecule has 30 heavy (non-hydrogen) atoms. The third-order valence-corrected chi connectivity index (χ3v) is 5.61. The van der Waals surface area contributed by atoms with Gasteiger partial charge in [0.1, 0.15) is 11.6 Å². The predicted molar refractivity (Wildman–Crippen MR) is 121 cm³/mol. The standard InChI is InChI=1S/C25H31FN2O2/c1-25(2,3)18-9-12-24(30-5)20(17-18)23(29)11-10-19-21(26)7-6-8-22(19)28-15-13-27(4)14-16-28/h6-12,17H,13-16H2,1-5H3/b11-10+. The van der Waals surface area contributed by atoms with Gasteiger partial charge in [-0.2, -0.15) is 0 Å². The fraction of sp³-hybridized carbons (Fsp3) is 0.400. The van der Waals surface area contributed by atoms with Crippen molar-refractivity contribution in [3.05, 3.63) is 65.0 Å². The van der Waals surface area contributed by atoms with E-state index in [0.717, 1.165) is 37.4 Å². The molecule has 0 radical (unpaired) electrons. The maximum Gasteiger partial charge on any atom is 0.189 e. The Labute approximate surface area is 178 Å². The molecule has 2 aromatic carbocycles. The maximum absolute atomic E-state index is 14.7. The van der Waals surface area contributed by atoms with Crippen LogP contribution in [-0.4, -0.2) is 51.0 Å². The zero-order valence-electron chi connectivity index (χ0n) is 18.5. The van der Waals surface area contributed by atoms with Crippen molar-refractivity contribution in [2.24, 2.45) is 0 Å². The topological polar surface area (TPSA) is 32.8 Å². The number of halogens is 1. The van der Waals surface area contributed by atoms with E-state index in [9.17, 15) is 9.18 Å². The molecule has 0 aliphatic carbocycles. The van der Waals surface area contributed by atoms with Crippen LogP contribution in [0.2, 0.25) is 0 Å². The molecule has 0 N–H and O–H groups in total. The van der Waals surface area contributed by atoms with Gasteiger partial charge in [0.15, 0.2) is 5.78 Å². The molecule has 2 aromatic rings. The fourth-order valence-corrected chi connectivity index (χ4v) is 3.63. The van der Waals surface area contributed by atoms with Gasteiger partial charge in [-0.05, 0) is 54.4 Å². The second-order valence-corrected chi connectivity index (χ2v) is 8.83. The lowest BCUT2D eigenvalue weighted by atomic mass is 9.85. The highest BCUT2D eigenvalue weighted by molar-refractivity contribution is 6.09. The van der Waals surface area contributed by atoms with Crippen LogP contribution < -0.4 is 9.64 Å². The molecule has 1 heterocycles. The quantitative estimate of drug-likeness (QED) is 0.525. The van der Waals surface area contributed by atoms with Gasteiger partial charge in [0.25, 0.3) is 0 Å². The molecule has 1 aliphatic rings. The molecule has 160 valence electrons. The summed E-state index contributed by atoms with van der Waals surface area (Å²) in [6, 6.07) is 10.7. The highest BCUT2D eigenvalue weighted by atomic mass is 19.1. The SMILES string of the molecule is COc1ccc(C(C)(C)C)cc1C(=O)/C=C/c1c(F)cccc1N1CCN(C)CC1. The number of piperazine rings is 1. The lowest BCUT2D eigenvalue weighted by Crippen LogP contribution is -2.44. The molecule has 0 unspecified atom stereocenters. The van der Waals surface area contributed by atoms with E-state index in [1.54, 1.807) is 19.3 Å². The first-order valence-corrected chi connectivity index (χ1v) is 10.3. The summed E-state index contributed by atoms with van der Waals surface area (Å²) in [6.45, 7) is 9.80. The van der Waals surface area contributed by atoms with Gasteiger partial charge in [0.2, 0.25) is 0 Å². The van der Waals surface area contributed by atoms with Crippen LogP contribution in [0, 0.1) is 5.82 Å². The summed E-state index contributed by atoms with van der Waals surface area (Å²) in [4.78, 5) is 17.4. The summed E-state index contributed by atoms with van der Waals surface area (Å²) in [5.74, 6) is -0.0121. The zero-order chi connectivity index (χ0) is 21.9. The number of allylic oxidation sites excluding steroid dienone is 1. The number of anilines is 1.